The van der Waals surface area contributed by atoms with Gasteiger partial charge in [0.2, 0.25) is 0 Å². The maximum Gasteiger partial charge on any atom is 0.326 e. The normalized spacial score (nSPS) is 14.6. The van der Waals surface area contributed by atoms with Crippen LogP contribution in [0.2, 0.25) is 5.02 Å². The van der Waals surface area contributed by atoms with Gasteiger partial charge in [0, 0.05) is 26.2 Å². The van der Waals surface area contributed by atoms with Gasteiger partial charge in [-0.25, -0.2) is 4.79 Å². The number of likely N-dealkylation sites (tertiary alicyclic amines) is 1. The van der Waals surface area contributed by atoms with E-state index >= 15 is 0 Å². The number of hydrogen-bond donors (Lipinski definition) is 1. The molecule has 0 atom stereocenters. The Hall–Kier alpha value is -2.48. The van der Waals surface area contributed by atoms with Gasteiger partial charge in [-0.1, -0.05) is 11.6 Å². The van der Waals surface area contributed by atoms with Gasteiger partial charge in [0.25, 0.3) is 5.91 Å². The molecule has 0 aromatic heterocycles. The molecule has 9 heteroatoms. The number of carbonyl (C=O) groups is 3. The average Bonchev–Trinajstić information content (AvgIpc) is 2.68. The van der Waals surface area contributed by atoms with Crippen LogP contribution in [-0.4, -0.2) is 66.7 Å². The van der Waals surface area contributed by atoms with Crippen molar-refractivity contribution in [2.45, 2.75) is 19.8 Å². The molecule has 2 rings (SSSR count). The molecular weight excluding hydrogens is 376 g/mol. The smallest absolute Gasteiger partial charge is 0.326 e. The average molecular weight is 399 g/mol. The highest BCUT2D eigenvalue weighted by atomic mass is 35.5. The highest BCUT2D eigenvalue weighted by molar-refractivity contribution is 6.34. The predicted molar refractivity (Wildman–Crippen MR) is 98.1 cm³/mol. The summed E-state index contributed by atoms with van der Waals surface area (Å²) in [5.41, 5.74) is -0.00720. The maximum absolute atomic E-state index is 12.6. The van der Waals surface area contributed by atoms with E-state index in [1.807, 2.05) is 0 Å². The van der Waals surface area contributed by atoms with Crippen molar-refractivity contribution in [2.24, 2.45) is 5.92 Å². The number of hydrogen-bond acceptors (Lipinski definition) is 6. The number of imide groups is 1. The van der Waals surface area contributed by atoms with Gasteiger partial charge in [-0.3, -0.25) is 14.5 Å². The molecule has 3 amide bonds. The second-order valence-electron chi connectivity index (χ2n) is 6.16. The summed E-state index contributed by atoms with van der Waals surface area (Å²) in [6.07, 6.45) is 0.966. The zero-order chi connectivity index (χ0) is 20.1. The lowest BCUT2D eigenvalue weighted by atomic mass is 9.97. The number of rotatable bonds is 4. The topological polar surface area (TPSA) is 96.4 Å². The molecule has 0 radical (unpaired) electrons. The van der Waals surface area contributed by atoms with E-state index in [1.54, 1.807) is 6.92 Å². The summed E-state index contributed by atoms with van der Waals surface area (Å²) >= 11 is 6.08. The number of urea groups is 1. The number of ether oxygens (including phenoxy) is 2. The van der Waals surface area contributed by atoms with Gasteiger partial charge in [0.15, 0.2) is 11.5 Å². The van der Waals surface area contributed by atoms with Crippen LogP contribution in [0.4, 0.5) is 4.79 Å². The van der Waals surface area contributed by atoms with Crippen molar-refractivity contribution in [3.63, 3.8) is 0 Å². The quantitative estimate of drug-likeness (QED) is 0.783. The molecule has 1 saturated heterocycles. The highest BCUT2D eigenvalue weighted by Gasteiger charge is 2.32. The summed E-state index contributed by atoms with van der Waals surface area (Å²) in [5, 5.41) is 9.93. The number of carbonyl (C=O) groups excluding carboxylic acids is 3. The van der Waals surface area contributed by atoms with Gasteiger partial charge in [-0.2, -0.15) is 0 Å². The fraction of sp³-hybridized carbons (Fsp3) is 0.500. The number of amides is 3. The molecule has 1 heterocycles. The van der Waals surface area contributed by atoms with Gasteiger partial charge in [-0.15, -0.1) is 0 Å². The lowest BCUT2D eigenvalue weighted by molar-refractivity contribution is -0.149. The standard InChI is InChI=1S/C18H23ClN2O6/c1-4-27-17(24)11-5-7-21(8-6-11)18(25)20(2)16(23)12-9-14(22)15(26-3)10-13(12)19/h9-11,22H,4-8H2,1-3H3. The minimum atomic E-state index is -0.643. The van der Waals surface area contributed by atoms with Crippen LogP contribution in [0.5, 0.6) is 11.5 Å². The summed E-state index contributed by atoms with van der Waals surface area (Å²) in [6, 6.07) is 1.99. The fourth-order valence-electron chi connectivity index (χ4n) is 2.92. The molecule has 0 bridgehead atoms. The van der Waals surface area contributed by atoms with E-state index in [4.69, 9.17) is 21.1 Å². The fourth-order valence-corrected chi connectivity index (χ4v) is 3.15. The van der Waals surface area contributed by atoms with Crippen LogP contribution in [0.1, 0.15) is 30.1 Å². The second-order valence-corrected chi connectivity index (χ2v) is 6.57. The number of halogens is 1. The third kappa shape index (κ3) is 4.63. The summed E-state index contributed by atoms with van der Waals surface area (Å²) < 4.78 is 9.95. The minimum absolute atomic E-state index is 0.00720. The first kappa shape index (κ1) is 20.8. The van der Waals surface area contributed by atoms with Crippen LogP contribution >= 0.6 is 11.6 Å². The maximum atomic E-state index is 12.6. The SMILES string of the molecule is CCOC(=O)C1CCN(C(=O)N(C)C(=O)c2cc(O)c(OC)cc2Cl)CC1. The van der Waals surface area contributed by atoms with E-state index in [9.17, 15) is 19.5 Å². The molecule has 1 fully saturated rings. The molecule has 27 heavy (non-hydrogen) atoms. The Morgan fingerprint density at radius 1 is 1.30 bits per heavy atom. The Labute approximate surface area is 162 Å². The van der Waals surface area contributed by atoms with E-state index in [-0.39, 0.29) is 34.0 Å². The molecule has 1 N–H and O–H groups in total. The Balaban J connectivity index is 2.04. The zero-order valence-electron chi connectivity index (χ0n) is 15.5. The Morgan fingerprint density at radius 3 is 2.48 bits per heavy atom. The number of nitrogens with zero attached hydrogens (tertiary/aromatic N) is 2. The third-order valence-corrected chi connectivity index (χ3v) is 4.79. The van der Waals surface area contributed by atoms with Crippen molar-refractivity contribution >= 4 is 29.5 Å². The second kappa shape index (κ2) is 8.94. The Morgan fingerprint density at radius 2 is 1.93 bits per heavy atom. The van der Waals surface area contributed by atoms with Gasteiger partial charge in [0.05, 0.1) is 30.2 Å². The van der Waals surface area contributed by atoms with Crippen molar-refractivity contribution < 1.29 is 29.0 Å². The molecule has 1 aromatic rings. The molecule has 148 valence electrons. The zero-order valence-corrected chi connectivity index (χ0v) is 16.3. The Bertz CT molecular complexity index is 731. The van der Waals surface area contributed by atoms with Crippen molar-refractivity contribution in [3.8, 4) is 11.5 Å². The van der Waals surface area contributed by atoms with Gasteiger partial charge >= 0.3 is 12.0 Å². The molecule has 8 nitrogen and oxygen atoms in total. The molecular formula is C18H23ClN2O6. The van der Waals surface area contributed by atoms with Crippen LogP contribution in [0, 0.1) is 5.92 Å². The Kier molecular flexibility index (Phi) is 6.90. The van der Waals surface area contributed by atoms with E-state index in [0.717, 1.165) is 4.90 Å². The van der Waals surface area contributed by atoms with Crippen LogP contribution in [0.15, 0.2) is 12.1 Å². The first-order chi connectivity index (χ1) is 12.8. The lowest BCUT2D eigenvalue weighted by Crippen LogP contribution is -2.48. The highest BCUT2D eigenvalue weighted by Crippen LogP contribution is 2.33. The lowest BCUT2D eigenvalue weighted by Gasteiger charge is -2.33. The number of benzene rings is 1. The summed E-state index contributed by atoms with van der Waals surface area (Å²) in [5.74, 6) is -1.25. The number of esters is 1. The van der Waals surface area contributed by atoms with E-state index in [2.05, 4.69) is 0 Å². The molecule has 0 unspecified atom stereocenters. The monoisotopic (exact) mass is 398 g/mol. The van der Waals surface area contributed by atoms with Crippen molar-refractivity contribution in [1.82, 2.24) is 9.80 Å². The largest absolute Gasteiger partial charge is 0.504 e. The molecule has 0 saturated carbocycles. The minimum Gasteiger partial charge on any atom is -0.504 e. The molecule has 0 aliphatic carbocycles. The van der Waals surface area contributed by atoms with Crippen LogP contribution in [0.25, 0.3) is 0 Å². The number of aromatic hydroxyl groups is 1. The predicted octanol–water partition coefficient (Wildman–Crippen LogP) is 2.52. The summed E-state index contributed by atoms with van der Waals surface area (Å²) in [7, 11) is 2.71. The molecule has 0 spiro atoms. The van der Waals surface area contributed by atoms with Crippen molar-refractivity contribution in [2.75, 3.05) is 33.9 Å². The van der Waals surface area contributed by atoms with E-state index in [0.29, 0.717) is 32.5 Å². The van der Waals surface area contributed by atoms with Gasteiger partial charge in [-0.05, 0) is 25.8 Å². The van der Waals surface area contributed by atoms with Gasteiger partial charge < -0.3 is 19.5 Å². The van der Waals surface area contributed by atoms with Crippen LogP contribution in [-0.2, 0) is 9.53 Å². The number of phenolic OH excluding ortho intramolecular Hbond substituents is 1. The number of piperidine rings is 1. The number of phenols is 1. The molecule has 1 aliphatic rings. The van der Waals surface area contributed by atoms with E-state index < -0.39 is 11.9 Å². The third-order valence-electron chi connectivity index (χ3n) is 4.48. The first-order valence-electron chi connectivity index (χ1n) is 8.60. The summed E-state index contributed by atoms with van der Waals surface area (Å²) in [4.78, 5) is 39.5. The van der Waals surface area contributed by atoms with Crippen LogP contribution < -0.4 is 4.74 Å². The van der Waals surface area contributed by atoms with Crippen molar-refractivity contribution in [3.05, 3.63) is 22.7 Å². The van der Waals surface area contributed by atoms with E-state index in [1.165, 1.54) is 31.2 Å². The first-order valence-corrected chi connectivity index (χ1v) is 8.98. The molecule has 1 aliphatic heterocycles. The van der Waals surface area contributed by atoms with Crippen LogP contribution in [0.3, 0.4) is 0 Å². The molecule has 1 aromatic carbocycles. The van der Waals surface area contributed by atoms with Gasteiger partial charge in [0.1, 0.15) is 0 Å². The number of methoxy groups -OCH3 is 1. The van der Waals surface area contributed by atoms with Crippen molar-refractivity contribution in [1.29, 1.82) is 0 Å². The summed E-state index contributed by atoms with van der Waals surface area (Å²) in [6.45, 7) is 2.77.